The predicted molar refractivity (Wildman–Crippen MR) is 130 cm³/mol. The lowest BCUT2D eigenvalue weighted by molar-refractivity contribution is -0.136. The van der Waals surface area contributed by atoms with E-state index in [-0.39, 0.29) is 41.7 Å². The number of halogens is 2. The number of rotatable bonds is 9. The van der Waals surface area contributed by atoms with Crippen molar-refractivity contribution in [1.29, 1.82) is 0 Å². The molecule has 8 nitrogen and oxygen atoms in total. The van der Waals surface area contributed by atoms with Gasteiger partial charge in [-0.15, -0.1) is 0 Å². The molecule has 0 radical (unpaired) electrons. The van der Waals surface area contributed by atoms with Gasteiger partial charge in [0, 0.05) is 37.7 Å². The van der Waals surface area contributed by atoms with Crippen LogP contribution in [0.15, 0.2) is 41.4 Å². The van der Waals surface area contributed by atoms with E-state index in [9.17, 15) is 23.2 Å². The van der Waals surface area contributed by atoms with E-state index in [1.807, 2.05) is 6.07 Å². The third kappa shape index (κ3) is 5.63. The molecule has 0 spiro atoms. The summed E-state index contributed by atoms with van der Waals surface area (Å²) < 4.78 is 36.2. The molecule has 3 aliphatic rings. The fourth-order valence-corrected chi connectivity index (χ4v) is 4.77. The van der Waals surface area contributed by atoms with Gasteiger partial charge in [0.1, 0.15) is 6.04 Å². The maximum absolute atomic E-state index is 13.1. The zero-order valence-corrected chi connectivity index (χ0v) is 20.3. The Morgan fingerprint density at radius 3 is 2.70 bits per heavy atom. The summed E-state index contributed by atoms with van der Waals surface area (Å²) in [7, 11) is 0. The molecule has 2 unspecified atom stereocenters. The van der Waals surface area contributed by atoms with E-state index >= 15 is 0 Å². The van der Waals surface area contributed by atoms with Crippen molar-refractivity contribution in [3.8, 4) is 11.5 Å². The number of hydrogen-bond acceptors (Lipinski definition) is 5. The predicted octanol–water partition coefficient (Wildman–Crippen LogP) is 3.67. The largest absolute Gasteiger partial charge is 0.489 e. The molecule has 2 atom stereocenters. The molecule has 3 amide bonds. The van der Waals surface area contributed by atoms with Crippen LogP contribution < -0.4 is 14.8 Å². The second-order valence-electron chi connectivity index (χ2n) is 9.66. The molecular formula is C27H27F2N3O5. The van der Waals surface area contributed by atoms with E-state index in [0.717, 1.165) is 29.5 Å². The number of likely N-dealkylation sites (tertiary alicyclic amines) is 1. The summed E-state index contributed by atoms with van der Waals surface area (Å²) in [4.78, 5) is 42.6. The van der Waals surface area contributed by atoms with Crippen molar-refractivity contribution in [2.45, 2.75) is 51.3 Å². The molecule has 1 aliphatic carbocycles. The molecule has 10 heteroatoms. The van der Waals surface area contributed by atoms with Crippen molar-refractivity contribution in [2.75, 3.05) is 13.2 Å². The normalized spacial score (nSPS) is 20.3. The highest BCUT2D eigenvalue weighted by molar-refractivity contribution is 6.12. The summed E-state index contributed by atoms with van der Waals surface area (Å²) in [5.74, 6) is -0.398. The van der Waals surface area contributed by atoms with Crippen molar-refractivity contribution < 1.29 is 32.6 Å². The minimum atomic E-state index is -2.97. The minimum Gasteiger partial charge on any atom is -0.489 e. The van der Waals surface area contributed by atoms with E-state index < -0.39 is 12.7 Å². The van der Waals surface area contributed by atoms with Crippen LogP contribution in [0.2, 0.25) is 0 Å². The zero-order chi connectivity index (χ0) is 26.1. The maximum atomic E-state index is 13.1. The van der Waals surface area contributed by atoms with E-state index in [1.54, 1.807) is 24.3 Å². The molecule has 194 valence electrons. The summed E-state index contributed by atoms with van der Waals surface area (Å²) in [6.07, 6.45) is 3.98. The Bertz CT molecular complexity index is 1260. The Balaban J connectivity index is 1.28. The van der Waals surface area contributed by atoms with Crippen molar-refractivity contribution >= 4 is 23.9 Å². The van der Waals surface area contributed by atoms with E-state index in [4.69, 9.17) is 4.74 Å². The number of fused-ring (bicyclic) bond motifs is 1. The van der Waals surface area contributed by atoms with Crippen LogP contribution in [0, 0.1) is 5.92 Å². The third-order valence-corrected chi connectivity index (χ3v) is 6.97. The van der Waals surface area contributed by atoms with Crippen LogP contribution in [0.4, 0.5) is 8.78 Å². The van der Waals surface area contributed by atoms with Crippen molar-refractivity contribution in [3.05, 3.63) is 58.7 Å². The molecule has 0 aromatic heterocycles. The summed E-state index contributed by atoms with van der Waals surface area (Å²) in [6, 6.07) is 9.42. The molecule has 2 aliphatic heterocycles. The number of benzene rings is 2. The van der Waals surface area contributed by atoms with Gasteiger partial charge in [0.25, 0.3) is 5.91 Å². The van der Waals surface area contributed by atoms with Crippen molar-refractivity contribution in [2.24, 2.45) is 10.9 Å². The number of nitrogens with zero attached hydrogens (tertiary/aromatic N) is 2. The first-order valence-electron chi connectivity index (χ1n) is 12.3. The van der Waals surface area contributed by atoms with Crippen LogP contribution in [-0.4, -0.2) is 54.6 Å². The molecule has 2 heterocycles. The molecule has 37 heavy (non-hydrogen) atoms. The van der Waals surface area contributed by atoms with Gasteiger partial charge in [-0.1, -0.05) is 18.2 Å². The topological polar surface area (TPSA) is 97.3 Å². The lowest BCUT2D eigenvalue weighted by Crippen LogP contribution is -2.44. The Hall–Kier alpha value is -3.82. The van der Waals surface area contributed by atoms with E-state index in [2.05, 4.69) is 15.0 Å². The number of ether oxygens (including phenoxy) is 2. The molecule has 2 fully saturated rings. The molecular weight excluding hydrogens is 484 g/mol. The standard InChI is InChI=1S/C27H27F2N3O5/c1-15(33)32-13-20(18-6-7-23(37-27(28)29)24(10-18)36-14-16-2-3-16)9-22(32)26(35)30-11-17-4-5-19-12-31-25(34)21(19)8-17/h4-8,10,12,16,20,22,27H,2-3,9,11,13-14H2,1H3,(H,30,35). The third-order valence-electron chi connectivity index (χ3n) is 6.97. The first kappa shape index (κ1) is 24.9. The number of amides is 3. The first-order chi connectivity index (χ1) is 17.8. The molecule has 1 N–H and O–H groups in total. The molecule has 0 bridgehead atoms. The Morgan fingerprint density at radius 1 is 1.16 bits per heavy atom. The van der Waals surface area contributed by atoms with Gasteiger partial charge < -0.3 is 19.7 Å². The molecule has 1 saturated carbocycles. The highest BCUT2D eigenvalue weighted by Crippen LogP contribution is 2.39. The van der Waals surface area contributed by atoms with Crippen LogP contribution in [0.1, 0.15) is 59.2 Å². The van der Waals surface area contributed by atoms with Gasteiger partial charge in [-0.25, -0.2) is 4.99 Å². The fourth-order valence-electron chi connectivity index (χ4n) is 4.77. The minimum absolute atomic E-state index is 0.0339. The second kappa shape index (κ2) is 10.3. The number of nitrogens with one attached hydrogen (secondary N) is 1. The Morgan fingerprint density at radius 2 is 1.97 bits per heavy atom. The highest BCUT2D eigenvalue weighted by atomic mass is 19.3. The molecule has 5 rings (SSSR count). The van der Waals surface area contributed by atoms with Gasteiger partial charge in [-0.2, -0.15) is 8.78 Å². The zero-order valence-electron chi connectivity index (χ0n) is 20.3. The lowest BCUT2D eigenvalue weighted by Gasteiger charge is -2.22. The number of aliphatic imine (C=N–C) groups is 1. The average Bonchev–Trinajstić information content (AvgIpc) is 3.47. The van der Waals surface area contributed by atoms with Gasteiger partial charge in [0.15, 0.2) is 11.5 Å². The summed E-state index contributed by atoms with van der Waals surface area (Å²) in [5, 5.41) is 2.87. The maximum Gasteiger partial charge on any atom is 0.387 e. The Kier molecular flexibility index (Phi) is 6.90. The highest BCUT2D eigenvalue weighted by Gasteiger charge is 2.39. The van der Waals surface area contributed by atoms with Crippen LogP contribution in [-0.2, 0) is 16.1 Å². The van der Waals surface area contributed by atoms with Crippen LogP contribution in [0.25, 0.3) is 0 Å². The van der Waals surface area contributed by atoms with E-state index in [0.29, 0.717) is 31.1 Å². The van der Waals surface area contributed by atoms with E-state index in [1.165, 1.54) is 24.1 Å². The summed E-state index contributed by atoms with van der Waals surface area (Å²) in [6.45, 7) is -0.615. The Labute approximate surface area is 212 Å². The fraction of sp³-hybridized carbons (Fsp3) is 0.407. The summed E-state index contributed by atoms with van der Waals surface area (Å²) >= 11 is 0. The molecule has 1 saturated heterocycles. The monoisotopic (exact) mass is 511 g/mol. The van der Waals surface area contributed by atoms with Gasteiger partial charge in [-0.3, -0.25) is 14.4 Å². The summed E-state index contributed by atoms with van der Waals surface area (Å²) in [5.41, 5.74) is 2.77. The smallest absolute Gasteiger partial charge is 0.387 e. The van der Waals surface area contributed by atoms with Crippen LogP contribution >= 0.6 is 0 Å². The SMILES string of the molecule is CC(=O)N1CC(c2ccc(OC(F)F)c(OCC3CC3)c2)CC1C(=O)NCc1ccc2c(c1)C(=O)N=C2. The second-order valence-corrected chi connectivity index (χ2v) is 9.66. The van der Waals surface area contributed by atoms with Gasteiger partial charge >= 0.3 is 6.61 Å². The van der Waals surface area contributed by atoms with Crippen molar-refractivity contribution in [3.63, 3.8) is 0 Å². The van der Waals surface area contributed by atoms with Crippen molar-refractivity contribution in [1.82, 2.24) is 10.2 Å². The quantitative estimate of drug-likeness (QED) is 0.554. The molecule has 2 aromatic carbocycles. The van der Waals surface area contributed by atoms with Gasteiger partial charge in [0.05, 0.1) is 12.2 Å². The van der Waals surface area contributed by atoms with Gasteiger partial charge in [-0.05, 0) is 54.5 Å². The first-order valence-corrected chi connectivity index (χ1v) is 12.3. The van der Waals surface area contributed by atoms with Crippen LogP contribution in [0.5, 0.6) is 11.5 Å². The number of hydrogen-bond donors (Lipinski definition) is 1. The number of alkyl halides is 2. The lowest BCUT2D eigenvalue weighted by atomic mass is 9.95. The molecule has 2 aromatic rings. The van der Waals surface area contributed by atoms with Gasteiger partial charge in [0.2, 0.25) is 11.8 Å². The number of carbonyl (C=O) groups excluding carboxylic acids is 3. The number of carbonyl (C=O) groups is 3. The van der Waals surface area contributed by atoms with Crippen LogP contribution in [0.3, 0.4) is 0 Å². The average molecular weight is 512 g/mol.